The minimum atomic E-state index is -0.179. The standard InChI is InChI=1S/C12H17ClN2O/c1-12(2,3)10(8-13)15-11(16)9-6-4-5-7-14-9/h4-7,10H,8H2,1-3H3,(H,15,16)/t10-/m1/s1. The van der Waals surface area contributed by atoms with Crippen LogP contribution in [0.15, 0.2) is 24.4 Å². The molecule has 1 atom stereocenters. The van der Waals surface area contributed by atoms with Crippen molar-refractivity contribution in [1.82, 2.24) is 10.3 Å². The molecule has 1 aromatic heterocycles. The molecule has 3 nitrogen and oxygen atoms in total. The third-order valence-corrected chi connectivity index (χ3v) is 2.71. The molecule has 0 aromatic carbocycles. The zero-order valence-corrected chi connectivity index (χ0v) is 10.6. The number of amides is 1. The largest absolute Gasteiger partial charge is 0.346 e. The summed E-state index contributed by atoms with van der Waals surface area (Å²) >= 11 is 5.85. The average molecular weight is 241 g/mol. The Morgan fingerprint density at radius 1 is 1.50 bits per heavy atom. The van der Waals surface area contributed by atoms with Crippen LogP contribution in [0, 0.1) is 5.41 Å². The summed E-state index contributed by atoms with van der Waals surface area (Å²) in [6, 6.07) is 5.18. The van der Waals surface area contributed by atoms with Gasteiger partial charge in [-0.25, -0.2) is 0 Å². The molecule has 0 spiro atoms. The molecule has 1 aromatic rings. The first-order chi connectivity index (χ1) is 7.45. The fourth-order valence-corrected chi connectivity index (χ4v) is 1.76. The van der Waals surface area contributed by atoms with Crippen molar-refractivity contribution < 1.29 is 4.79 Å². The number of carbonyl (C=O) groups excluding carboxylic acids is 1. The highest BCUT2D eigenvalue weighted by atomic mass is 35.5. The van der Waals surface area contributed by atoms with Gasteiger partial charge in [-0.1, -0.05) is 26.8 Å². The van der Waals surface area contributed by atoms with Gasteiger partial charge in [-0.05, 0) is 17.5 Å². The van der Waals surface area contributed by atoms with Gasteiger partial charge in [0, 0.05) is 18.1 Å². The predicted octanol–water partition coefficient (Wildman–Crippen LogP) is 2.46. The first-order valence-electron chi connectivity index (χ1n) is 5.23. The average Bonchev–Trinajstić information content (AvgIpc) is 2.25. The number of pyridine rings is 1. The van der Waals surface area contributed by atoms with Gasteiger partial charge in [0.05, 0.1) is 0 Å². The van der Waals surface area contributed by atoms with Gasteiger partial charge in [-0.15, -0.1) is 11.6 Å². The number of nitrogens with zero attached hydrogens (tertiary/aromatic N) is 1. The van der Waals surface area contributed by atoms with E-state index in [4.69, 9.17) is 11.6 Å². The van der Waals surface area contributed by atoms with Crippen LogP contribution in [0.4, 0.5) is 0 Å². The molecule has 1 rings (SSSR count). The molecule has 16 heavy (non-hydrogen) atoms. The maximum absolute atomic E-state index is 11.8. The highest BCUT2D eigenvalue weighted by Crippen LogP contribution is 2.20. The molecule has 0 radical (unpaired) electrons. The minimum Gasteiger partial charge on any atom is -0.346 e. The second-order valence-electron chi connectivity index (χ2n) is 4.76. The molecule has 0 saturated carbocycles. The SMILES string of the molecule is CC(C)(C)[C@@H](CCl)NC(=O)c1ccccn1. The predicted molar refractivity (Wildman–Crippen MR) is 65.7 cm³/mol. The zero-order chi connectivity index (χ0) is 12.2. The Hall–Kier alpha value is -1.09. The fourth-order valence-electron chi connectivity index (χ4n) is 1.22. The van der Waals surface area contributed by atoms with Gasteiger partial charge in [-0.2, -0.15) is 0 Å². The molecule has 1 heterocycles. The van der Waals surface area contributed by atoms with Crippen molar-refractivity contribution in [1.29, 1.82) is 0 Å². The maximum atomic E-state index is 11.8. The summed E-state index contributed by atoms with van der Waals surface area (Å²) in [5.74, 6) is 0.211. The first-order valence-corrected chi connectivity index (χ1v) is 5.76. The molecule has 0 aliphatic heterocycles. The van der Waals surface area contributed by atoms with Crippen molar-refractivity contribution in [3.63, 3.8) is 0 Å². The van der Waals surface area contributed by atoms with Crippen molar-refractivity contribution in [3.8, 4) is 0 Å². The Morgan fingerprint density at radius 2 is 2.19 bits per heavy atom. The third kappa shape index (κ3) is 3.49. The van der Waals surface area contributed by atoms with Gasteiger partial charge in [0.1, 0.15) is 5.69 Å². The van der Waals surface area contributed by atoms with Crippen molar-refractivity contribution in [2.45, 2.75) is 26.8 Å². The smallest absolute Gasteiger partial charge is 0.270 e. The second kappa shape index (κ2) is 5.30. The number of carbonyl (C=O) groups is 1. The molecular formula is C12H17ClN2O. The van der Waals surface area contributed by atoms with Crippen molar-refractivity contribution in [2.75, 3.05) is 5.88 Å². The van der Waals surface area contributed by atoms with E-state index >= 15 is 0 Å². The number of aromatic nitrogens is 1. The summed E-state index contributed by atoms with van der Waals surface area (Å²) in [7, 11) is 0. The van der Waals surface area contributed by atoms with Crippen LogP contribution in [0.25, 0.3) is 0 Å². The molecule has 0 aliphatic rings. The van der Waals surface area contributed by atoms with Gasteiger partial charge in [0.15, 0.2) is 0 Å². The highest BCUT2D eigenvalue weighted by molar-refractivity contribution is 6.18. The monoisotopic (exact) mass is 240 g/mol. The molecule has 0 aliphatic carbocycles. The van der Waals surface area contributed by atoms with Gasteiger partial charge in [-0.3, -0.25) is 9.78 Å². The lowest BCUT2D eigenvalue weighted by Crippen LogP contribution is -2.45. The Morgan fingerprint density at radius 3 is 2.62 bits per heavy atom. The van der Waals surface area contributed by atoms with Gasteiger partial charge in [0.25, 0.3) is 5.91 Å². The zero-order valence-electron chi connectivity index (χ0n) is 9.83. The number of nitrogens with one attached hydrogen (secondary N) is 1. The van der Waals surface area contributed by atoms with Crippen LogP contribution >= 0.6 is 11.6 Å². The summed E-state index contributed by atoms with van der Waals surface area (Å²) in [5, 5.41) is 2.89. The molecular weight excluding hydrogens is 224 g/mol. The van der Waals surface area contributed by atoms with Gasteiger partial charge < -0.3 is 5.32 Å². The third-order valence-electron chi connectivity index (χ3n) is 2.40. The van der Waals surface area contributed by atoms with Crippen LogP contribution in [-0.2, 0) is 0 Å². The van der Waals surface area contributed by atoms with Crippen LogP contribution in [-0.4, -0.2) is 22.8 Å². The van der Waals surface area contributed by atoms with Crippen LogP contribution in [0.3, 0.4) is 0 Å². The number of alkyl halides is 1. The van der Waals surface area contributed by atoms with Gasteiger partial charge >= 0.3 is 0 Å². The van der Waals surface area contributed by atoms with E-state index in [-0.39, 0.29) is 17.4 Å². The summed E-state index contributed by atoms with van der Waals surface area (Å²) < 4.78 is 0. The lowest BCUT2D eigenvalue weighted by Gasteiger charge is -2.29. The van der Waals surface area contributed by atoms with Gasteiger partial charge in [0.2, 0.25) is 0 Å². The Bertz CT molecular complexity index is 346. The van der Waals surface area contributed by atoms with E-state index in [1.54, 1.807) is 24.4 Å². The Labute approximate surface area is 101 Å². The Balaban J connectivity index is 2.71. The number of hydrogen-bond donors (Lipinski definition) is 1. The molecule has 1 N–H and O–H groups in total. The van der Waals surface area contributed by atoms with Crippen LogP contribution in [0.1, 0.15) is 31.3 Å². The second-order valence-corrected chi connectivity index (χ2v) is 5.07. The summed E-state index contributed by atoms with van der Waals surface area (Å²) in [5.41, 5.74) is 0.355. The molecule has 4 heteroatoms. The van der Waals surface area contributed by atoms with E-state index in [1.165, 1.54) is 0 Å². The van der Waals surface area contributed by atoms with E-state index in [9.17, 15) is 4.79 Å². The molecule has 0 fully saturated rings. The van der Waals surface area contributed by atoms with E-state index in [0.717, 1.165) is 0 Å². The number of hydrogen-bond acceptors (Lipinski definition) is 2. The summed E-state index contributed by atoms with van der Waals surface area (Å²) in [6.07, 6.45) is 1.60. The van der Waals surface area contributed by atoms with E-state index in [1.807, 2.05) is 20.8 Å². The molecule has 0 unspecified atom stereocenters. The maximum Gasteiger partial charge on any atom is 0.270 e. The van der Waals surface area contributed by atoms with Crippen molar-refractivity contribution in [3.05, 3.63) is 30.1 Å². The lowest BCUT2D eigenvalue weighted by atomic mass is 9.88. The Kier molecular flexibility index (Phi) is 4.30. The highest BCUT2D eigenvalue weighted by Gasteiger charge is 2.25. The van der Waals surface area contributed by atoms with Crippen LogP contribution in [0.2, 0.25) is 0 Å². The van der Waals surface area contributed by atoms with Crippen LogP contribution < -0.4 is 5.32 Å². The van der Waals surface area contributed by atoms with E-state index in [0.29, 0.717) is 11.6 Å². The van der Waals surface area contributed by atoms with E-state index < -0.39 is 0 Å². The first kappa shape index (κ1) is 13.0. The fraction of sp³-hybridized carbons (Fsp3) is 0.500. The van der Waals surface area contributed by atoms with Crippen molar-refractivity contribution >= 4 is 17.5 Å². The van der Waals surface area contributed by atoms with E-state index in [2.05, 4.69) is 10.3 Å². The molecule has 0 bridgehead atoms. The minimum absolute atomic E-state index is 0.0633. The molecule has 88 valence electrons. The summed E-state index contributed by atoms with van der Waals surface area (Å²) in [4.78, 5) is 15.8. The van der Waals surface area contributed by atoms with Crippen LogP contribution in [0.5, 0.6) is 0 Å². The topological polar surface area (TPSA) is 42.0 Å². The number of rotatable bonds is 3. The lowest BCUT2D eigenvalue weighted by molar-refractivity contribution is 0.0906. The van der Waals surface area contributed by atoms with Crippen molar-refractivity contribution in [2.24, 2.45) is 5.41 Å². The molecule has 1 amide bonds. The number of halogens is 1. The molecule has 0 saturated heterocycles. The summed E-state index contributed by atoms with van der Waals surface area (Å²) in [6.45, 7) is 6.12. The normalized spacial score (nSPS) is 13.2. The quantitative estimate of drug-likeness (QED) is 0.825.